The number of nitrogens with one attached hydrogen (secondary N) is 4. The lowest BCUT2D eigenvalue weighted by Gasteiger charge is -2.11. The number of benzene rings is 2. The first-order chi connectivity index (χ1) is 13.8. The summed E-state index contributed by atoms with van der Waals surface area (Å²) in [7, 11) is 0. The van der Waals surface area contributed by atoms with Gasteiger partial charge in [0.05, 0.1) is 17.8 Å². The molecule has 2 aromatic carbocycles. The first-order valence-electron chi connectivity index (χ1n) is 8.71. The van der Waals surface area contributed by atoms with Crippen LogP contribution in [-0.2, 0) is 19.2 Å². The Labute approximate surface area is 167 Å². The van der Waals surface area contributed by atoms with E-state index in [1.54, 1.807) is 54.6 Å². The summed E-state index contributed by atoms with van der Waals surface area (Å²) >= 11 is 0. The van der Waals surface area contributed by atoms with E-state index in [4.69, 9.17) is 0 Å². The van der Waals surface area contributed by atoms with Crippen molar-refractivity contribution >= 4 is 46.4 Å². The molecule has 0 saturated heterocycles. The lowest BCUT2D eigenvalue weighted by Crippen LogP contribution is -2.33. The van der Waals surface area contributed by atoms with Crippen molar-refractivity contribution in [1.82, 2.24) is 5.43 Å². The molecule has 9 heteroatoms. The van der Waals surface area contributed by atoms with Gasteiger partial charge in [-0.25, -0.2) is 5.43 Å². The number of hydrogen-bond acceptors (Lipinski definition) is 5. The molecule has 0 aliphatic carbocycles. The zero-order valence-corrected chi connectivity index (χ0v) is 16.0. The molecule has 0 radical (unpaired) electrons. The Bertz CT molecular complexity index is 941. The third-order valence-electron chi connectivity index (χ3n) is 3.51. The van der Waals surface area contributed by atoms with Crippen LogP contribution in [-0.4, -0.2) is 29.3 Å². The molecule has 0 aliphatic rings. The number of rotatable bonds is 6. The Morgan fingerprint density at radius 1 is 0.759 bits per heavy atom. The highest BCUT2D eigenvalue weighted by molar-refractivity contribution is 6.39. The van der Waals surface area contributed by atoms with Crippen molar-refractivity contribution in [2.24, 2.45) is 5.10 Å². The van der Waals surface area contributed by atoms with Gasteiger partial charge >= 0.3 is 11.8 Å². The Balaban J connectivity index is 1.87. The summed E-state index contributed by atoms with van der Waals surface area (Å²) in [4.78, 5) is 47.0. The average molecular weight is 395 g/mol. The molecule has 0 bridgehead atoms. The summed E-state index contributed by atoms with van der Waals surface area (Å²) in [5.74, 6) is -2.49. The van der Waals surface area contributed by atoms with E-state index in [1.807, 2.05) is 0 Å². The van der Waals surface area contributed by atoms with Crippen LogP contribution in [0.4, 0.5) is 17.1 Å². The molecule has 0 atom stereocenters. The fraction of sp³-hybridized carbons (Fsp3) is 0.150. The van der Waals surface area contributed by atoms with Crippen LogP contribution >= 0.6 is 0 Å². The van der Waals surface area contributed by atoms with Crippen molar-refractivity contribution in [1.29, 1.82) is 0 Å². The van der Waals surface area contributed by atoms with Gasteiger partial charge in [-0.3, -0.25) is 19.2 Å². The highest BCUT2D eigenvalue weighted by atomic mass is 16.2. The third kappa shape index (κ3) is 7.25. The van der Waals surface area contributed by atoms with Gasteiger partial charge in [0.1, 0.15) is 0 Å². The molecule has 0 aliphatic heterocycles. The van der Waals surface area contributed by atoms with Gasteiger partial charge in [-0.2, -0.15) is 5.10 Å². The maximum atomic E-state index is 12.2. The van der Waals surface area contributed by atoms with Gasteiger partial charge in [-0.05, 0) is 31.2 Å². The van der Waals surface area contributed by atoms with Crippen LogP contribution in [0.2, 0.25) is 0 Å². The molecule has 0 saturated carbocycles. The quantitative estimate of drug-likeness (QED) is 0.339. The topological polar surface area (TPSA) is 129 Å². The Morgan fingerprint density at radius 2 is 1.34 bits per heavy atom. The van der Waals surface area contributed by atoms with Gasteiger partial charge in [0.25, 0.3) is 0 Å². The standard InChI is InChI=1S/C20H21N5O4/c1-13(24-25-20(29)19(28)22-15-8-4-3-5-9-15)12-18(27)23-17-11-7-6-10-16(17)21-14(2)26/h3-11H,12H2,1-2H3,(H,21,26)(H,22,28)(H,23,27)(H,25,29)/b24-13+. The second kappa shape index (κ2) is 10.4. The van der Waals surface area contributed by atoms with Gasteiger partial charge in [-0.15, -0.1) is 0 Å². The van der Waals surface area contributed by atoms with Crippen molar-refractivity contribution in [2.45, 2.75) is 20.3 Å². The fourth-order valence-corrected chi connectivity index (χ4v) is 2.26. The molecule has 0 aromatic heterocycles. The van der Waals surface area contributed by atoms with Crippen molar-refractivity contribution in [2.75, 3.05) is 16.0 Å². The highest BCUT2D eigenvalue weighted by Crippen LogP contribution is 2.21. The second-order valence-electron chi connectivity index (χ2n) is 6.06. The van der Waals surface area contributed by atoms with Gasteiger partial charge in [0.2, 0.25) is 11.8 Å². The minimum atomic E-state index is -0.954. The van der Waals surface area contributed by atoms with E-state index >= 15 is 0 Å². The molecule has 2 rings (SSSR count). The van der Waals surface area contributed by atoms with E-state index < -0.39 is 17.7 Å². The number of anilines is 3. The number of para-hydroxylation sites is 3. The molecule has 0 unspecified atom stereocenters. The molecule has 2 aromatic rings. The third-order valence-corrected chi connectivity index (χ3v) is 3.51. The van der Waals surface area contributed by atoms with E-state index in [1.165, 1.54) is 13.8 Å². The zero-order valence-electron chi connectivity index (χ0n) is 16.0. The molecular weight excluding hydrogens is 374 g/mol. The van der Waals surface area contributed by atoms with Crippen LogP contribution in [0.5, 0.6) is 0 Å². The smallest absolute Gasteiger partial charge is 0.325 e. The summed E-state index contributed by atoms with van der Waals surface area (Å²) in [5.41, 5.74) is 3.78. The number of hydrogen-bond donors (Lipinski definition) is 4. The first kappa shape index (κ1) is 21.3. The van der Waals surface area contributed by atoms with E-state index in [-0.39, 0.29) is 12.3 Å². The average Bonchev–Trinajstić information content (AvgIpc) is 2.68. The van der Waals surface area contributed by atoms with Gasteiger partial charge in [0.15, 0.2) is 0 Å². The Kier molecular flexibility index (Phi) is 7.60. The summed E-state index contributed by atoms with van der Waals surface area (Å²) < 4.78 is 0. The maximum Gasteiger partial charge on any atom is 0.329 e. The molecule has 4 N–H and O–H groups in total. The number of carbonyl (C=O) groups excluding carboxylic acids is 4. The predicted octanol–water partition coefficient (Wildman–Crippen LogP) is 2.10. The van der Waals surface area contributed by atoms with Crippen LogP contribution < -0.4 is 21.4 Å². The van der Waals surface area contributed by atoms with Crippen LogP contribution in [0.15, 0.2) is 59.7 Å². The number of hydrazone groups is 1. The highest BCUT2D eigenvalue weighted by Gasteiger charge is 2.14. The SMILES string of the molecule is CC(=O)Nc1ccccc1NC(=O)C/C(C)=N/NC(=O)C(=O)Nc1ccccc1. The molecule has 0 heterocycles. The minimum Gasteiger partial charge on any atom is -0.325 e. The van der Waals surface area contributed by atoms with Gasteiger partial charge in [0, 0.05) is 18.3 Å². The minimum absolute atomic E-state index is 0.116. The lowest BCUT2D eigenvalue weighted by molar-refractivity contribution is -0.136. The van der Waals surface area contributed by atoms with E-state index in [2.05, 4.69) is 26.5 Å². The van der Waals surface area contributed by atoms with E-state index in [0.29, 0.717) is 22.8 Å². The normalized spacial score (nSPS) is 10.6. The van der Waals surface area contributed by atoms with Crippen LogP contribution in [0.3, 0.4) is 0 Å². The fourth-order valence-electron chi connectivity index (χ4n) is 2.26. The monoisotopic (exact) mass is 395 g/mol. The van der Waals surface area contributed by atoms with Crippen LogP contribution in [0.25, 0.3) is 0 Å². The predicted molar refractivity (Wildman–Crippen MR) is 110 cm³/mol. The van der Waals surface area contributed by atoms with Crippen molar-refractivity contribution in [3.8, 4) is 0 Å². The molecule has 9 nitrogen and oxygen atoms in total. The largest absolute Gasteiger partial charge is 0.329 e. The second-order valence-corrected chi connectivity index (χ2v) is 6.06. The lowest BCUT2D eigenvalue weighted by atomic mass is 10.2. The Morgan fingerprint density at radius 3 is 1.97 bits per heavy atom. The van der Waals surface area contributed by atoms with E-state index in [9.17, 15) is 19.2 Å². The van der Waals surface area contributed by atoms with E-state index in [0.717, 1.165) is 0 Å². The number of carbonyl (C=O) groups is 4. The zero-order chi connectivity index (χ0) is 21.2. The van der Waals surface area contributed by atoms with Crippen LogP contribution in [0, 0.1) is 0 Å². The molecule has 150 valence electrons. The summed E-state index contributed by atoms with van der Waals surface area (Å²) in [5, 5.41) is 11.5. The Hall–Kier alpha value is -4.01. The van der Waals surface area contributed by atoms with Crippen molar-refractivity contribution < 1.29 is 19.2 Å². The molecule has 0 spiro atoms. The van der Waals surface area contributed by atoms with Crippen molar-refractivity contribution in [3.05, 3.63) is 54.6 Å². The molecular formula is C20H21N5O4. The number of amides is 4. The molecule has 4 amide bonds. The molecule has 0 fully saturated rings. The summed E-state index contributed by atoms with van der Waals surface area (Å²) in [6.07, 6.45) is -0.116. The summed E-state index contributed by atoms with van der Waals surface area (Å²) in [6, 6.07) is 15.2. The number of nitrogens with zero attached hydrogens (tertiary/aromatic N) is 1. The van der Waals surface area contributed by atoms with Gasteiger partial charge in [-0.1, -0.05) is 30.3 Å². The summed E-state index contributed by atoms with van der Waals surface area (Å²) in [6.45, 7) is 2.90. The first-order valence-corrected chi connectivity index (χ1v) is 8.71. The molecule has 29 heavy (non-hydrogen) atoms. The van der Waals surface area contributed by atoms with Crippen LogP contribution in [0.1, 0.15) is 20.3 Å². The van der Waals surface area contributed by atoms with Crippen molar-refractivity contribution in [3.63, 3.8) is 0 Å². The maximum absolute atomic E-state index is 12.2. The van der Waals surface area contributed by atoms with Gasteiger partial charge < -0.3 is 16.0 Å².